The topological polar surface area (TPSA) is 39.7 Å². The summed E-state index contributed by atoms with van der Waals surface area (Å²) >= 11 is 6.02. The van der Waals surface area contributed by atoms with Gasteiger partial charge in [0.05, 0.1) is 16.8 Å². The van der Waals surface area contributed by atoms with E-state index in [2.05, 4.69) is 14.8 Å². The Hall–Kier alpha value is -2.86. The first-order valence-corrected chi connectivity index (χ1v) is 11.1. The molecule has 0 unspecified atom stereocenters. The Bertz CT molecular complexity index is 1110. The summed E-state index contributed by atoms with van der Waals surface area (Å²) in [6, 6.07) is 12.4. The predicted molar refractivity (Wildman–Crippen MR) is 123 cm³/mol. The first kappa shape index (κ1) is 20.1. The Balaban J connectivity index is 1.49. The minimum atomic E-state index is -0.318. The van der Waals surface area contributed by atoms with E-state index >= 15 is 0 Å². The second kappa shape index (κ2) is 8.35. The lowest BCUT2D eigenvalue weighted by molar-refractivity contribution is 0.0793. The van der Waals surface area contributed by atoms with Crippen molar-refractivity contribution in [1.29, 1.82) is 0 Å². The lowest BCUT2D eigenvalue weighted by atomic mass is 10.1. The van der Waals surface area contributed by atoms with Crippen molar-refractivity contribution in [1.82, 2.24) is 9.88 Å². The van der Waals surface area contributed by atoms with Gasteiger partial charge in [-0.1, -0.05) is 11.6 Å². The molecule has 2 fully saturated rings. The summed E-state index contributed by atoms with van der Waals surface area (Å²) in [5.74, 6) is -0.326. The van der Waals surface area contributed by atoms with E-state index in [1.807, 2.05) is 29.2 Å². The number of fused-ring (bicyclic) bond motifs is 1. The molecule has 2 aliphatic rings. The summed E-state index contributed by atoms with van der Waals surface area (Å²) in [7, 11) is 0. The molecule has 2 saturated heterocycles. The zero-order valence-corrected chi connectivity index (χ0v) is 18.0. The first-order chi connectivity index (χ1) is 15.1. The van der Waals surface area contributed by atoms with Crippen LogP contribution in [0.2, 0.25) is 5.02 Å². The maximum atomic E-state index is 14.2. The number of likely N-dealkylation sites (tertiary alicyclic amines) is 1. The van der Waals surface area contributed by atoms with Crippen molar-refractivity contribution in [2.75, 3.05) is 49.1 Å². The molecule has 160 valence electrons. The van der Waals surface area contributed by atoms with E-state index in [-0.39, 0.29) is 11.7 Å². The Kier molecular flexibility index (Phi) is 5.40. The van der Waals surface area contributed by atoms with Crippen LogP contribution in [-0.2, 0) is 0 Å². The molecule has 3 heterocycles. The van der Waals surface area contributed by atoms with Crippen molar-refractivity contribution in [3.05, 3.63) is 65.1 Å². The second-order valence-electron chi connectivity index (χ2n) is 8.13. The molecule has 2 aliphatic heterocycles. The molecule has 2 aromatic carbocycles. The van der Waals surface area contributed by atoms with Crippen LogP contribution in [0, 0.1) is 5.82 Å². The van der Waals surface area contributed by atoms with Crippen molar-refractivity contribution in [2.45, 2.75) is 12.8 Å². The van der Waals surface area contributed by atoms with Crippen LogP contribution < -0.4 is 9.80 Å². The summed E-state index contributed by atoms with van der Waals surface area (Å²) in [5, 5.41) is 1.42. The predicted octanol–water partition coefficient (Wildman–Crippen LogP) is 4.59. The van der Waals surface area contributed by atoms with Crippen molar-refractivity contribution in [3.8, 4) is 0 Å². The van der Waals surface area contributed by atoms with Gasteiger partial charge in [-0.2, -0.15) is 0 Å². The van der Waals surface area contributed by atoms with Gasteiger partial charge in [0, 0.05) is 61.6 Å². The van der Waals surface area contributed by atoms with Gasteiger partial charge in [-0.3, -0.25) is 9.78 Å². The highest BCUT2D eigenvalue weighted by Gasteiger charge is 2.28. The van der Waals surface area contributed by atoms with Crippen molar-refractivity contribution >= 4 is 39.8 Å². The molecule has 5 rings (SSSR count). The molecule has 7 heteroatoms. The van der Waals surface area contributed by atoms with Crippen LogP contribution in [0.4, 0.5) is 15.8 Å². The Labute approximate surface area is 186 Å². The molecule has 0 aliphatic carbocycles. The largest absolute Gasteiger partial charge is 0.368 e. The number of carbonyl (C=O) groups excluding carboxylic acids is 1. The van der Waals surface area contributed by atoms with Crippen LogP contribution in [0.1, 0.15) is 23.2 Å². The van der Waals surface area contributed by atoms with Crippen LogP contribution >= 0.6 is 11.6 Å². The molecular weight excluding hydrogens is 415 g/mol. The minimum absolute atomic E-state index is 0.00806. The number of nitrogens with zero attached hydrogens (tertiary/aromatic N) is 4. The number of halogens is 2. The third-order valence-corrected chi connectivity index (χ3v) is 6.46. The Morgan fingerprint density at radius 2 is 1.58 bits per heavy atom. The molecular formula is C24H24ClFN4O. The fraction of sp³-hybridized carbons (Fsp3) is 0.333. The highest BCUT2D eigenvalue weighted by Crippen LogP contribution is 2.33. The van der Waals surface area contributed by atoms with Crippen LogP contribution in [0.5, 0.6) is 0 Å². The number of pyridine rings is 1. The molecule has 0 atom stereocenters. The molecule has 1 amide bonds. The molecule has 3 aromatic rings. The number of anilines is 2. The van der Waals surface area contributed by atoms with E-state index in [0.717, 1.165) is 68.5 Å². The van der Waals surface area contributed by atoms with Gasteiger partial charge in [-0.05, 0) is 55.3 Å². The molecule has 0 N–H and O–H groups in total. The lowest BCUT2D eigenvalue weighted by Gasteiger charge is -2.38. The van der Waals surface area contributed by atoms with Gasteiger partial charge in [0.1, 0.15) is 5.82 Å². The summed E-state index contributed by atoms with van der Waals surface area (Å²) in [4.78, 5) is 24.2. The summed E-state index contributed by atoms with van der Waals surface area (Å²) in [6.45, 7) is 4.61. The maximum Gasteiger partial charge on any atom is 0.257 e. The zero-order chi connectivity index (χ0) is 21.4. The molecule has 1 aromatic heterocycles. The van der Waals surface area contributed by atoms with Crippen LogP contribution in [0.15, 0.2) is 48.7 Å². The molecule has 0 saturated carbocycles. The fourth-order valence-electron chi connectivity index (χ4n) is 4.58. The number of carbonyl (C=O) groups is 1. The fourth-order valence-corrected chi connectivity index (χ4v) is 4.70. The number of hydrogen-bond acceptors (Lipinski definition) is 4. The first-order valence-electron chi connectivity index (χ1n) is 10.7. The van der Waals surface area contributed by atoms with Gasteiger partial charge in [0.25, 0.3) is 5.91 Å². The Morgan fingerprint density at radius 3 is 2.29 bits per heavy atom. The number of piperazine rings is 1. The van der Waals surface area contributed by atoms with E-state index in [4.69, 9.17) is 11.6 Å². The molecule has 5 nitrogen and oxygen atoms in total. The molecule has 31 heavy (non-hydrogen) atoms. The summed E-state index contributed by atoms with van der Waals surface area (Å²) in [5.41, 5.74) is 3.20. The van der Waals surface area contributed by atoms with Crippen molar-refractivity contribution < 1.29 is 9.18 Å². The third-order valence-electron chi connectivity index (χ3n) is 6.21. The summed E-state index contributed by atoms with van der Waals surface area (Å²) < 4.78 is 14.2. The maximum absolute atomic E-state index is 14.2. The van der Waals surface area contributed by atoms with Crippen LogP contribution in [0.25, 0.3) is 10.9 Å². The quantitative estimate of drug-likeness (QED) is 0.599. The number of benzene rings is 2. The second-order valence-corrected chi connectivity index (χ2v) is 8.57. The summed E-state index contributed by atoms with van der Waals surface area (Å²) in [6.07, 6.45) is 3.72. The number of aromatic nitrogens is 1. The van der Waals surface area contributed by atoms with Gasteiger partial charge in [0.2, 0.25) is 0 Å². The third kappa shape index (κ3) is 3.92. The minimum Gasteiger partial charge on any atom is -0.368 e. The standard InChI is InChI=1S/C24H24ClFN4O/c25-17-3-6-19(7-4-17)28-11-13-29(14-12-28)23-20-15-18(26)5-8-22(20)27-16-21(23)24(31)30-9-1-2-10-30/h3-8,15-16H,1-2,9-14H2. The van der Waals surface area contributed by atoms with Crippen LogP contribution in [0.3, 0.4) is 0 Å². The van der Waals surface area contributed by atoms with Gasteiger partial charge in [-0.25, -0.2) is 4.39 Å². The van der Waals surface area contributed by atoms with Crippen molar-refractivity contribution in [3.63, 3.8) is 0 Å². The van der Waals surface area contributed by atoms with E-state index in [0.29, 0.717) is 16.5 Å². The Morgan fingerprint density at radius 1 is 0.903 bits per heavy atom. The monoisotopic (exact) mass is 438 g/mol. The van der Waals surface area contributed by atoms with Gasteiger partial charge in [-0.15, -0.1) is 0 Å². The normalized spacial score (nSPS) is 16.9. The van der Waals surface area contributed by atoms with E-state index < -0.39 is 0 Å². The van der Waals surface area contributed by atoms with Gasteiger partial charge in [0.15, 0.2) is 0 Å². The molecule has 0 radical (unpaired) electrons. The van der Waals surface area contributed by atoms with Crippen molar-refractivity contribution in [2.24, 2.45) is 0 Å². The lowest BCUT2D eigenvalue weighted by Crippen LogP contribution is -2.47. The van der Waals surface area contributed by atoms with E-state index in [1.54, 1.807) is 12.3 Å². The molecule has 0 spiro atoms. The van der Waals surface area contributed by atoms with Gasteiger partial charge >= 0.3 is 0 Å². The average Bonchev–Trinajstić information content (AvgIpc) is 3.33. The highest BCUT2D eigenvalue weighted by atomic mass is 35.5. The van der Waals surface area contributed by atoms with Crippen LogP contribution in [-0.4, -0.2) is 55.1 Å². The zero-order valence-electron chi connectivity index (χ0n) is 17.2. The smallest absolute Gasteiger partial charge is 0.257 e. The SMILES string of the molecule is O=C(c1cnc2ccc(F)cc2c1N1CCN(c2ccc(Cl)cc2)CC1)N1CCCC1. The number of rotatable bonds is 3. The van der Waals surface area contributed by atoms with E-state index in [9.17, 15) is 9.18 Å². The average molecular weight is 439 g/mol. The van der Waals surface area contributed by atoms with Gasteiger partial charge < -0.3 is 14.7 Å². The number of hydrogen-bond donors (Lipinski definition) is 0. The molecule has 0 bridgehead atoms. The highest BCUT2D eigenvalue weighted by molar-refractivity contribution is 6.30. The number of amides is 1. The van der Waals surface area contributed by atoms with E-state index in [1.165, 1.54) is 12.1 Å².